The molecule has 0 aliphatic carbocycles. The fourth-order valence-corrected chi connectivity index (χ4v) is 2.26. The van der Waals surface area contributed by atoms with Gasteiger partial charge >= 0.3 is 0 Å². The van der Waals surface area contributed by atoms with Crippen LogP contribution in [0.4, 0.5) is 0 Å². The largest absolute Gasteiger partial charge is 0.507 e. The summed E-state index contributed by atoms with van der Waals surface area (Å²) in [6.07, 6.45) is 0. The SMILES string of the molecule is COc1ccc(-n2c(=O)cc(O)c3ccccc32)cc1. The number of hydrogen-bond acceptors (Lipinski definition) is 3. The van der Waals surface area contributed by atoms with Gasteiger partial charge in [-0.25, -0.2) is 0 Å². The zero-order valence-electron chi connectivity index (χ0n) is 10.9. The van der Waals surface area contributed by atoms with Crippen molar-refractivity contribution in [3.63, 3.8) is 0 Å². The summed E-state index contributed by atoms with van der Waals surface area (Å²) in [5.74, 6) is 0.722. The molecule has 0 unspecified atom stereocenters. The second-order valence-electron chi connectivity index (χ2n) is 4.42. The molecule has 0 saturated carbocycles. The van der Waals surface area contributed by atoms with Crippen LogP contribution >= 0.6 is 0 Å². The molecule has 0 amide bonds. The molecule has 3 aromatic rings. The van der Waals surface area contributed by atoms with Gasteiger partial charge < -0.3 is 9.84 Å². The second kappa shape index (κ2) is 4.74. The summed E-state index contributed by atoms with van der Waals surface area (Å²) in [6, 6.07) is 15.7. The third-order valence-electron chi connectivity index (χ3n) is 3.23. The van der Waals surface area contributed by atoms with E-state index in [1.807, 2.05) is 24.3 Å². The molecule has 0 aliphatic heterocycles. The summed E-state index contributed by atoms with van der Waals surface area (Å²) in [4.78, 5) is 12.2. The lowest BCUT2D eigenvalue weighted by molar-refractivity contribution is 0.414. The van der Waals surface area contributed by atoms with E-state index in [4.69, 9.17) is 4.74 Å². The first-order valence-corrected chi connectivity index (χ1v) is 6.19. The third-order valence-corrected chi connectivity index (χ3v) is 3.23. The predicted octanol–water partition coefficient (Wildman–Crippen LogP) is 2.70. The standard InChI is InChI=1S/C16H13NO3/c1-20-12-8-6-11(7-9-12)17-14-5-3-2-4-13(14)15(18)10-16(17)19/h2-10,18H,1H3. The van der Waals surface area contributed by atoms with Gasteiger partial charge in [0, 0.05) is 17.1 Å². The highest BCUT2D eigenvalue weighted by molar-refractivity contribution is 5.86. The first-order chi connectivity index (χ1) is 9.70. The number of aromatic hydroxyl groups is 1. The van der Waals surface area contributed by atoms with Gasteiger partial charge in [-0.2, -0.15) is 0 Å². The quantitative estimate of drug-likeness (QED) is 0.776. The van der Waals surface area contributed by atoms with Crippen LogP contribution in [0.15, 0.2) is 59.4 Å². The molecular weight excluding hydrogens is 254 g/mol. The maximum atomic E-state index is 12.2. The monoisotopic (exact) mass is 267 g/mol. The number of ether oxygens (including phenoxy) is 1. The molecule has 0 aliphatic rings. The van der Waals surface area contributed by atoms with Crippen LogP contribution in [0.25, 0.3) is 16.6 Å². The lowest BCUT2D eigenvalue weighted by Gasteiger charge is -2.11. The molecule has 1 aromatic heterocycles. The van der Waals surface area contributed by atoms with Crippen LogP contribution < -0.4 is 10.3 Å². The van der Waals surface area contributed by atoms with Crippen LogP contribution in [0.3, 0.4) is 0 Å². The number of rotatable bonds is 2. The van der Waals surface area contributed by atoms with Crippen molar-refractivity contribution in [1.29, 1.82) is 0 Å². The molecule has 3 rings (SSSR count). The van der Waals surface area contributed by atoms with E-state index >= 15 is 0 Å². The normalized spacial score (nSPS) is 10.7. The van der Waals surface area contributed by atoms with Gasteiger partial charge in [-0.15, -0.1) is 0 Å². The molecule has 2 aromatic carbocycles. The van der Waals surface area contributed by atoms with Crippen molar-refractivity contribution in [1.82, 2.24) is 4.57 Å². The Labute approximate surface area is 115 Å². The van der Waals surface area contributed by atoms with E-state index in [1.165, 1.54) is 6.07 Å². The number of pyridine rings is 1. The minimum Gasteiger partial charge on any atom is -0.507 e. The van der Waals surface area contributed by atoms with Crippen LogP contribution in [0.2, 0.25) is 0 Å². The first-order valence-electron chi connectivity index (χ1n) is 6.19. The van der Waals surface area contributed by atoms with Crippen molar-refractivity contribution < 1.29 is 9.84 Å². The minimum atomic E-state index is -0.272. The van der Waals surface area contributed by atoms with Gasteiger partial charge in [0.25, 0.3) is 5.56 Å². The average molecular weight is 267 g/mol. The van der Waals surface area contributed by atoms with Crippen LogP contribution in [0.5, 0.6) is 11.5 Å². The Morgan fingerprint density at radius 3 is 2.45 bits per heavy atom. The highest BCUT2D eigenvalue weighted by atomic mass is 16.5. The Balaban J connectivity index is 2.32. The molecule has 0 saturated heterocycles. The molecule has 100 valence electrons. The van der Waals surface area contributed by atoms with Gasteiger partial charge in [0.1, 0.15) is 11.5 Å². The van der Waals surface area contributed by atoms with Crippen molar-refractivity contribution in [2.75, 3.05) is 7.11 Å². The van der Waals surface area contributed by atoms with Gasteiger partial charge in [-0.05, 0) is 36.4 Å². The summed E-state index contributed by atoms with van der Waals surface area (Å²) in [5.41, 5.74) is 1.13. The van der Waals surface area contributed by atoms with E-state index < -0.39 is 0 Å². The number of aromatic nitrogens is 1. The minimum absolute atomic E-state index is 0.00429. The molecule has 1 heterocycles. The Hall–Kier alpha value is -2.75. The smallest absolute Gasteiger partial charge is 0.259 e. The van der Waals surface area contributed by atoms with Crippen molar-refractivity contribution in [2.24, 2.45) is 0 Å². The molecule has 0 spiro atoms. The van der Waals surface area contributed by atoms with Gasteiger partial charge in [-0.1, -0.05) is 12.1 Å². The molecule has 0 radical (unpaired) electrons. The predicted molar refractivity (Wildman–Crippen MR) is 77.8 cm³/mol. The van der Waals surface area contributed by atoms with E-state index in [1.54, 1.807) is 35.9 Å². The number of methoxy groups -OCH3 is 1. The van der Waals surface area contributed by atoms with Crippen molar-refractivity contribution in [3.05, 3.63) is 65.0 Å². The molecule has 0 atom stereocenters. The van der Waals surface area contributed by atoms with Gasteiger partial charge in [0.05, 0.1) is 12.6 Å². The molecule has 4 nitrogen and oxygen atoms in total. The van der Waals surface area contributed by atoms with Crippen molar-refractivity contribution in [3.8, 4) is 17.2 Å². The number of hydrogen-bond donors (Lipinski definition) is 1. The maximum Gasteiger partial charge on any atom is 0.259 e. The van der Waals surface area contributed by atoms with Crippen molar-refractivity contribution >= 4 is 10.9 Å². The fraction of sp³-hybridized carbons (Fsp3) is 0.0625. The van der Waals surface area contributed by atoms with Gasteiger partial charge in [-0.3, -0.25) is 9.36 Å². The van der Waals surface area contributed by atoms with Crippen LogP contribution in [0.1, 0.15) is 0 Å². The van der Waals surface area contributed by atoms with Gasteiger partial charge in [0.2, 0.25) is 0 Å². The lowest BCUT2D eigenvalue weighted by Crippen LogP contribution is -2.17. The van der Waals surface area contributed by atoms with Gasteiger partial charge in [0.15, 0.2) is 0 Å². The number of para-hydroxylation sites is 1. The van der Waals surface area contributed by atoms with E-state index in [9.17, 15) is 9.90 Å². The first kappa shape index (κ1) is 12.3. The molecular formula is C16H13NO3. The van der Waals surface area contributed by atoms with Crippen LogP contribution in [-0.2, 0) is 0 Å². The fourth-order valence-electron chi connectivity index (χ4n) is 2.26. The maximum absolute atomic E-state index is 12.2. The summed E-state index contributed by atoms with van der Waals surface area (Å²) < 4.78 is 6.68. The zero-order chi connectivity index (χ0) is 14.1. The molecule has 0 bridgehead atoms. The Bertz CT molecular complexity index is 819. The Morgan fingerprint density at radius 2 is 1.75 bits per heavy atom. The topological polar surface area (TPSA) is 51.5 Å². The van der Waals surface area contributed by atoms with Crippen molar-refractivity contribution in [2.45, 2.75) is 0 Å². The number of nitrogens with zero attached hydrogens (tertiary/aromatic N) is 1. The number of benzene rings is 2. The molecule has 20 heavy (non-hydrogen) atoms. The highest BCUT2D eigenvalue weighted by Crippen LogP contribution is 2.24. The third kappa shape index (κ3) is 1.91. The summed E-state index contributed by atoms with van der Waals surface area (Å²) in [6.45, 7) is 0. The van der Waals surface area contributed by atoms with Crippen LogP contribution in [0, 0.1) is 0 Å². The van der Waals surface area contributed by atoms with Crippen LogP contribution in [-0.4, -0.2) is 16.8 Å². The van der Waals surface area contributed by atoms with E-state index in [0.717, 1.165) is 11.4 Å². The van der Waals surface area contributed by atoms with E-state index in [2.05, 4.69) is 0 Å². The molecule has 1 N–H and O–H groups in total. The Kier molecular flexibility index (Phi) is 2.91. The average Bonchev–Trinajstić information content (AvgIpc) is 2.48. The zero-order valence-corrected chi connectivity index (χ0v) is 10.9. The highest BCUT2D eigenvalue weighted by Gasteiger charge is 2.09. The van der Waals surface area contributed by atoms with E-state index in [0.29, 0.717) is 10.9 Å². The Morgan fingerprint density at radius 1 is 1.05 bits per heavy atom. The summed E-state index contributed by atoms with van der Waals surface area (Å²) in [5, 5.41) is 10.5. The molecule has 0 fully saturated rings. The molecule has 4 heteroatoms. The summed E-state index contributed by atoms with van der Waals surface area (Å²) in [7, 11) is 1.59. The summed E-state index contributed by atoms with van der Waals surface area (Å²) >= 11 is 0. The second-order valence-corrected chi connectivity index (χ2v) is 4.42. The van der Waals surface area contributed by atoms with E-state index in [-0.39, 0.29) is 11.3 Å². The lowest BCUT2D eigenvalue weighted by atomic mass is 10.2. The number of fused-ring (bicyclic) bond motifs is 1.